The largest absolute Gasteiger partial charge is 0.325 e. The fourth-order valence-electron chi connectivity index (χ4n) is 6.65. The lowest BCUT2D eigenvalue weighted by Crippen LogP contribution is -2.59. The van der Waals surface area contributed by atoms with E-state index in [1.165, 1.54) is 22.3 Å². The van der Waals surface area contributed by atoms with E-state index in [1.54, 1.807) is 0 Å². The van der Waals surface area contributed by atoms with Gasteiger partial charge in [0.05, 0.1) is 0 Å². The lowest BCUT2D eigenvalue weighted by molar-refractivity contribution is 0.105. The summed E-state index contributed by atoms with van der Waals surface area (Å²) in [6.45, 7) is 7.57. The van der Waals surface area contributed by atoms with E-state index in [9.17, 15) is 0 Å². The van der Waals surface area contributed by atoms with Crippen LogP contribution in [0.2, 0.25) is 0 Å². The molecule has 1 aliphatic rings. The lowest BCUT2D eigenvalue weighted by atomic mass is 9.61. The van der Waals surface area contributed by atoms with E-state index in [4.69, 9.17) is 5.73 Å². The van der Waals surface area contributed by atoms with Gasteiger partial charge >= 0.3 is 0 Å². The summed E-state index contributed by atoms with van der Waals surface area (Å²) in [5.74, 6) is 0. The van der Waals surface area contributed by atoms with Gasteiger partial charge in [0.25, 0.3) is 0 Å². The van der Waals surface area contributed by atoms with Crippen LogP contribution in [0, 0.1) is 0 Å². The van der Waals surface area contributed by atoms with E-state index < -0.39 is 0 Å². The highest BCUT2D eigenvalue weighted by Gasteiger charge is 2.46. The Balaban J connectivity index is 1.45. The Bertz CT molecular complexity index is 1140. The average molecular weight is 489 g/mol. The predicted octanol–water partition coefficient (Wildman–Crippen LogP) is 7.18. The van der Waals surface area contributed by atoms with E-state index in [0.717, 1.165) is 38.9 Å². The van der Waals surface area contributed by atoms with Gasteiger partial charge in [-0.1, -0.05) is 121 Å². The highest BCUT2D eigenvalue weighted by atomic mass is 15.1. The fraction of sp³-hybridized carbons (Fsp3) is 0.314. The van der Waals surface area contributed by atoms with Crippen LogP contribution in [0.4, 0.5) is 0 Å². The number of hydrogen-bond acceptors (Lipinski definition) is 2. The van der Waals surface area contributed by atoms with Crippen molar-refractivity contribution in [3.63, 3.8) is 0 Å². The van der Waals surface area contributed by atoms with Crippen molar-refractivity contribution in [2.75, 3.05) is 19.6 Å². The molecule has 190 valence electrons. The molecule has 1 aliphatic heterocycles. The molecular formula is C35H40N2. The van der Waals surface area contributed by atoms with Crippen LogP contribution in [0.3, 0.4) is 0 Å². The molecule has 0 saturated carbocycles. The average Bonchev–Trinajstić information content (AvgIpc) is 2.95. The molecule has 0 aromatic heterocycles. The number of benzene rings is 4. The summed E-state index contributed by atoms with van der Waals surface area (Å²) >= 11 is 0. The molecule has 4 aromatic rings. The molecule has 4 aromatic carbocycles. The summed E-state index contributed by atoms with van der Waals surface area (Å²) in [7, 11) is 0. The number of likely N-dealkylation sites (tertiary alicyclic amines) is 1. The number of nitrogens with two attached hydrogens (primary N) is 1. The molecule has 0 unspecified atom stereocenters. The van der Waals surface area contributed by atoms with Crippen LogP contribution in [0.1, 0.15) is 55.4 Å². The Labute approximate surface area is 223 Å². The topological polar surface area (TPSA) is 29.3 Å². The Morgan fingerprint density at radius 1 is 0.622 bits per heavy atom. The van der Waals surface area contributed by atoms with E-state index in [2.05, 4.69) is 140 Å². The second kappa shape index (κ2) is 10.7. The van der Waals surface area contributed by atoms with Crippen LogP contribution < -0.4 is 5.73 Å². The first kappa shape index (κ1) is 25.4. The highest BCUT2D eigenvalue weighted by Crippen LogP contribution is 2.45. The van der Waals surface area contributed by atoms with Crippen molar-refractivity contribution in [1.29, 1.82) is 0 Å². The lowest BCUT2D eigenvalue weighted by Gasteiger charge is -2.50. The highest BCUT2D eigenvalue weighted by molar-refractivity contribution is 5.50. The Morgan fingerprint density at radius 3 is 1.38 bits per heavy atom. The standard InChI is InChI=1S/C35H40N2/c1-33(2,36)34(29-15-7-3-8-16-29)23-26-37(27-24-34)28-25-35(30-17-9-4-10-18-30,31-19-11-5-12-20-31)32-21-13-6-14-22-32/h3-22H,23-28,36H2,1-2H3. The minimum Gasteiger partial charge on any atom is -0.325 e. The van der Waals surface area contributed by atoms with Crippen LogP contribution in [-0.2, 0) is 10.8 Å². The van der Waals surface area contributed by atoms with Crippen LogP contribution in [-0.4, -0.2) is 30.1 Å². The first-order valence-corrected chi connectivity index (χ1v) is 13.7. The van der Waals surface area contributed by atoms with Gasteiger partial charge in [0.1, 0.15) is 0 Å². The van der Waals surface area contributed by atoms with Crippen molar-refractivity contribution in [3.8, 4) is 0 Å². The molecule has 2 nitrogen and oxygen atoms in total. The van der Waals surface area contributed by atoms with E-state index in [0.29, 0.717) is 0 Å². The van der Waals surface area contributed by atoms with Crippen LogP contribution in [0.5, 0.6) is 0 Å². The van der Waals surface area contributed by atoms with Crippen molar-refractivity contribution in [2.45, 2.75) is 49.5 Å². The van der Waals surface area contributed by atoms with Gasteiger partial charge in [-0.25, -0.2) is 0 Å². The molecule has 0 spiro atoms. The second-order valence-corrected chi connectivity index (χ2v) is 11.3. The van der Waals surface area contributed by atoms with Crippen molar-refractivity contribution in [2.24, 2.45) is 5.73 Å². The van der Waals surface area contributed by atoms with E-state index >= 15 is 0 Å². The minimum atomic E-state index is -0.275. The summed E-state index contributed by atoms with van der Waals surface area (Å²) in [4.78, 5) is 2.66. The number of nitrogens with zero attached hydrogens (tertiary/aromatic N) is 1. The zero-order valence-corrected chi connectivity index (χ0v) is 22.3. The van der Waals surface area contributed by atoms with Gasteiger partial charge in [-0.2, -0.15) is 0 Å². The smallest absolute Gasteiger partial charge is 0.0463 e. The van der Waals surface area contributed by atoms with Gasteiger partial charge in [0.2, 0.25) is 0 Å². The molecule has 2 heteroatoms. The zero-order valence-electron chi connectivity index (χ0n) is 22.3. The van der Waals surface area contributed by atoms with Crippen molar-refractivity contribution < 1.29 is 0 Å². The molecule has 0 bridgehead atoms. The molecule has 37 heavy (non-hydrogen) atoms. The molecule has 1 fully saturated rings. The van der Waals surface area contributed by atoms with Gasteiger partial charge in [0.15, 0.2) is 0 Å². The molecule has 0 atom stereocenters. The summed E-state index contributed by atoms with van der Waals surface area (Å²) in [6.07, 6.45) is 3.18. The Kier molecular flexibility index (Phi) is 7.33. The van der Waals surface area contributed by atoms with Gasteiger partial charge in [-0.3, -0.25) is 0 Å². The molecule has 2 N–H and O–H groups in total. The molecule has 5 rings (SSSR count). The Morgan fingerprint density at radius 2 is 1.00 bits per heavy atom. The molecule has 1 saturated heterocycles. The molecule has 0 radical (unpaired) electrons. The van der Waals surface area contributed by atoms with Gasteiger partial charge in [-0.05, 0) is 75.0 Å². The van der Waals surface area contributed by atoms with E-state index in [-0.39, 0.29) is 16.4 Å². The van der Waals surface area contributed by atoms with Crippen LogP contribution >= 0.6 is 0 Å². The molecular weight excluding hydrogens is 448 g/mol. The first-order chi connectivity index (χ1) is 18.0. The fourth-order valence-corrected chi connectivity index (χ4v) is 6.65. The maximum atomic E-state index is 6.88. The van der Waals surface area contributed by atoms with Gasteiger partial charge in [0, 0.05) is 16.4 Å². The number of rotatable bonds is 8. The van der Waals surface area contributed by atoms with Crippen molar-refractivity contribution in [3.05, 3.63) is 144 Å². The maximum absolute atomic E-state index is 6.88. The number of piperidine rings is 1. The SMILES string of the molecule is CC(C)(N)C1(c2ccccc2)CCN(CCC(c2ccccc2)(c2ccccc2)c2ccccc2)CC1. The van der Waals surface area contributed by atoms with Crippen molar-refractivity contribution in [1.82, 2.24) is 4.90 Å². The van der Waals surface area contributed by atoms with Gasteiger partial charge in [-0.15, -0.1) is 0 Å². The second-order valence-electron chi connectivity index (χ2n) is 11.3. The molecule has 0 aliphatic carbocycles. The van der Waals surface area contributed by atoms with Crippen LogP contribution in [0.25, 0.3) is 0 Å². The maximum Gasteiger partial charge on any atom is 0.0463 e. The zero-order chi connectivity index (χ0) is 25.8. The monoisotopic (exact) mass is 488 g/mol. The predicted molar refractivity (Wildman–Crippen MR) is 156 cm³/mol. The summed E-state index contributed by atoms with van der Waals surface area (Å²) < 4.78 is 0. The number of hydrogen-bond donors (Lipinski definition) is 1. The summed E-state index contributed by atoms with van der Waals surface area (Å²) in [6, 6.07) is 44.2. The van der Waals surface area contributed by atoms with Crippen LogP contribution in [0.15, 0.2) is 121 Å². The molecule has 1 heterocycles. The first-order valence-electron chi connectivity index (χ1n) is 13.7. The van der Waals surface area contributed by atoms with E-state index in [1.807, 2.05) is 0 Å². The van der Waals surface area contributed by atoms with Crippen molar-refractivity contribution >= 4 is 0 Å². The Hall–Kier alpha value is -3.20. The summed E-state index contributed by atoms with van der Waals surface area (Å²) in [5.41, 5.74) is 11.8. The third-order valence-corrected chi connectivity index (χ3v) is 8.87. The third-order valence-electron chi connectivity index (χ3n) is 8.87. The minimum absolute atomic E-state index is 0.000138. The molecule has 0 amide bonds. The summed E-state index contributed by atoms with van der Waals surface area (Å²) in [5, 5.41) is 0. The van der Waals surface area contributed by atoms with Gasteiger partial charge < -0.3 is 10.6 Å². The third kappa shape index (κ3) is 4.89. The quantitative estimate of drug-likeness (QED) is 0.266. The normalized spacial score (nSPS) is 16.4.